The first kappa shape index (κ1) is 10.5. The highest BCUT2D eigenvalue weighted by molar-refractivity contribution is 5.95. The Morgan fingerprint density at radius 2 is 2.29 bits per heavy atom. The zero-order chi connectivity index (χ0) is 10.6. The predicted molar refractivity (Wildman–Crippen MR) is 53.4 cm³/mol. The number of ether oxygens (including phenoxy) is 1. The third kappa shape index (κ3) is 2.47. The standard InChI is InChI=1S/C10H13NO3/c1-7(13)8-2-3-10(9(11)6-8)14-5-4-12/h2-3,6,12H,4-5,11H2,1H3. The summed E-state index contributed by atoms with van der Waals surface area (Å²) in [6, 6.07) is 4.84. The van der Waals surface area contributed by atoms with Gasteiger partial charge in [0, 0.05) is 5.56 Å². The lowest BCUT2D eigenvalue weighted by atomic mass is 10.1. The van der Waals surface area contributed by atoms with Crippen LogP contribution >= 0.6 is 0 Å². The normalized spacial score (nSPS) is 9.86. The number of nitrogen functional groups attached to an aromatic ring is 1. The molecule has 0 aliphatic rings. The molecule has 4 nitrogen and oxygen atoms in total. The van der Waals surface area contributed by atoms with Crippen molar-refractivity contribution in [3.8, 4) is 5.75 Å². The van der Waals surface area contributed by atoms with Gasteiger partial charge in [0.25, 0.3) is 0 Å². The molecule has 0 spiro atoms. The van der Waals surface area contributed by atoms with Gasteiger partial charge in [-0.25, -0.2) is 0 Å². The van der Waals surface area contributed by atoms with Crippen LogP contribution in [0.4, 0.5) is 5.69 Å². The number of carbonyl (C=O) groups is 1. The fraction of sp³-hybridized carbons (Fsp3) is 0.300. The van der Waals surface area contributed by atoms with Gasteiger partial charge in [0.05, 0.1) is 12.3 Å². The largest absolute Gasteiger partial charge is 0.489 e. The third-order valence-corrected chi connectivity index (χ3v) is 1.77. The Kier molecular flexibility index (Phi) is 3.48. The molecule has 1 rings (SSSR count). The van der Waals surface area contributed by atoms with E-state index in [0.29, 0.717) is 17.0 Å². The number of hydrogen-bond donors (Lipinski definition) is 2. The lowest BCUT2D eigenvalue weighted by molar-refractivity contribution is 0.101. The molecule has 14 heavy (non-hydrogen) atoms. The third-order valence-electron chi connectivity index (χ3n) is 1.77. The monoisotopic (exact) mass is 195 g/mol. The van der Waals surface area contributed by atoms with E-state index in [0.717, 1.165) is 0 Å². The minimum absolute atomic E-state index is 0.0367. The topological polar surface area (TPSA) is 72.5 Å². The number of aliphatic hydroxyl groups excluding tert-OH is 1. The number of benzene rings is 1. The predicted octanol–water partition coefficient (Wildman–Crippen LogP) is 0.843. The maximum atomic E-state index is 11.0. The van der Waals surface area contributed by atoms with E-state index in [9.17, 15) is 4.79 Å². The second kappa shape index (κ2) is 4.62. The lowest BCUT2D eigenvalue weighted by Crippen LogP contribution is -2.04. The zero-order valence-corrected chi connectivity index (χ0v) is 7.99. The van der Waals surface area contributed by atoms with Crippen molar-refractivity contribution in [1.82, 2.24) is 0 Å². The first-order valence-corrected chi connectivity index (χ1v) is 4.29. The second-order valence-electron chi connectivity index (χ2n) is 2.88. The van der Waals surface area contributed by atoms with E-state index in [2.05, 4.69) is 0 Å². The van der Waals surface area contributed by atoms with Gasteiger partial charge in [0.1, 0.15) is 12.4 Å². The van der Waals surface area contributed by atoms with Crippen molar-refractivity contribution in [3.05, 3.63) is 23.8 Å². The highest BCUT2D eigenvalue weighted by Gasteiger charge is 2.04. The Hall–Kier alpha value is -1.55. The first-order chi connectivity index (χ1) is 6.65. The van der Waals surface area contributed by atoms with Gasteiger partial charge < -0.3 is 15.6 Å². The Morgan fingerprint density at radius 3 is 2.79 bits per heavy atom. The molecule has 0 aromatic heterocycles. The summed E-state index contributed by atoms with van der Waals surface area (Å²) in [6.07, 6.45) is 0. The minimum atomic E-state index is -0.0616. The number of carbonyl (C=O) groups excluding carboxylic acids is 1. The van der Waals surface area contributed by atoms with Gasteiger partial charge in [-0.3, -0.25) is 4.79 Å². The van der Waals surface area contributed by atoms with Gasteiger partial charge in [-0.05, 0) is 25.1 Å². The number of rotatable bonds is 4. The van der Waals surface area contributed by atoms with Gasteiger partial charge in [-0.2, -0.15) is 0 Å². The van der Waals surface area contributed by atoms with Crippen LogP contribution < -0.4 is 10.5 Å². The molecule has 0 saturated heterocycles. The molecule has 0 bridgehead atoms. The molecule has 0 saturated carbocycles. The summed E-state index contributed by atoms with van der Waals surface area (Å²) in [6.45, 7) is 1.61. The van der Waals surface area contributed by atoms with Crippen molar-refractivity contribution >= 4 is 11.5 Å². The van der Waals surface area contributed by atoms with E-state index in [1.54, 1.807) is 18.2 Å². The zero-order valence-electron chi connectivity index (χ0n) is 7.99. The van der Waals surface area contributed by atoms with Gasteiger partial charge >= 0.3 is 0 Å². The quantitative estimate of drug-likeness (QED) is 0.551. The van der Waals surface area contributed by atoms with Crippen LogP contribution in [0.5, 0.6) is 5.75 Å². The summed E-state index contributed by atoms with van der Waals surface area (Å²) in [5.41, 5.74) is 6.60. The molecule has 1 aromatic rings. The highest BCUT2D eigenvalue weighted by atomic mass is 16.5. The van der Waals surface area contributed by atoms with E-state index >= 15 is 0 Å². The molecule has 0 atom stereocenters. The molecular formula is C10H13NO3. The number of aliphatic hydroxyl groups is 1. The van der Waals surface area contributed by atoms with Crippen molar-refractivity contribution < 1.29 is 14.6 Å². The molecule has 0 amide bonds. The van der Waals surface area contributed by atoms with Crippen LogP contribution in [0.15, 0.2) is 18.2 Å². The average molecular weight is 195 g/mol. The van der Waals surface area contributed by atoms with Crippen molar-refractivity contribution in [3.63, 3.8) is 0 Å². The molecule has 0 aliphatic carbocycles. The SMILES string of the molecule is CC(=O)c1ccc(OCCO)c(N)c1. The van der Waals surface area contributed by atoms with Crippen LogP contribution in [0.1, 0.15) is 17.3 Å². The molecule has 3 N–H and O–H groups in total. The first-order valence-electron chi connectivity index (χ1n) is 4.29. The molecule has 1 aromatic carbocycles. The molecule has 0 aliphatic heterocycles. The van der Waals surface area contributed by atoms with E-state index in [-0.39, 0.29) is 19.0 Å². The smallest absolute Gasteiger partial charge is 0.159 e. The number of ketones is 1. The molecule has 0 unspecified atom stereocenters. The van der Waals surface area contributed by atoms with Crippen molar-refractivity contribution in [1.29, 1.82) is 0 Å². The van der Waals surface area contributed by atoms with Crippen LogP contribution in [-0.4, -0.2) is 24.1 Å². The summed E-state index contributed by atoms with van der Waals surface area (Å²) in [5, 5.41) is 8.54. The van der Waals surface area contributed by atoms with E-state index < -0.39 is 0 Å². The summed E-state index contributed by atoms with van der Waals surface area (Å²) in [7, 11) is 0. The molecule has 0 radical (unpaired) electrons. The number of nitrogens with two attached hydrogens (primary N) is 1. The van der Waals surface area contributed by atoms with E-state index in [4.69, 9.17) is 15.6 Å². The van der Waals surface area contributed by atoms with Crippen LogP contribution in [0.3, 0.4) is 0 Å². The molecule has 0 heterocycles. The van der Waals surface area contributed by atoms with Crippen molar-refractivity contribution in [2.75, 3.05) is 18.9 Å². The van der Waals surface area contributed by atoms with Crippen LogP contribution in [0.25, 0.3) is 0 Å². The van der Waals surface area contributed by atoms with Crippen molar-refractivity contribution in [2.45, 2.75) is 6.92 Å². The Bertz CT molecular complexity index is 336. The summed E-state index contributed by atoms with van der Waals surface area (Å²) >= 11 is 0. The lowest BCUT2D eigenvalue weighted by Gasteiger charge is -2.07. The number of anilines is 1. The van der Waals surface area contributed by atoms with E-state index in [1.165, 1.54) is 6.92 Å². The molecular weight excluding hydrogens is 182 g/mol. The maximum absolute atomic E-state index is 11.0. The fourth-order valence-corrected chi connectivity index (χ4v) is 1.05. The van der Waals surface area contributed by atoms with Gasteiger partial charge in [-0.1, -0.05) is 0 Å². The minimum Gasteiger partial charge on any atom is -0.489 e. The Morgan fingerprint density at radius 1 is 1.57 bits per heavy atom. The molecule has 4 heteroatoms. The van der Waals surface area contributed by atoms with E-state index in [1.807, 2.05) is 0 Å². The van der Waals surface area contributed by atoms with Crippen LogP contribution in [0.2, 0.25) is 0 Å². The van der Waals surface area contributed by atoms with Gasteiger partial charge in [-0.15, -0.1) is 0 Å². The van der Waals surface area contributed by atoms with Gasteiger partial charge in [0.15, 0.2) is 5.78 Å². The molecule has 0 fully saturated rings. The van der Waals surface area contributed by atoms with Crippen molar-refractivity contribution in [2.24, 2.45) is 0 Å². The Balaban J connectivity index is 2.84. The van der Waals surface area contributed by atoms with Crippen LogP contribution in [0, 0.1) is 0 Å². The summed E-state index contributed by atoms with van der Waals surface area (Å²) in [5.74, 6) is 0.453. The maximum Gasteiger partial charge on any atom is 0.159 e. The Labute approximate surface area is 82.3 Å². The summed E-state index contributed by atoms with van der Waals surface area (Å²) < 4.78 is 5.13. The second-order valence-corrected chi connectivity index (χ2v) is 2.88. The highest BCUT2D eigenvalue weighted by Crippen LogP contribution is 2.22. The fourth-order valence-electron chi connectivity index (χ4n) is 1.05. The number of hydrogen-bond acceptors (Lipinski definition) is 4. The molecule has 76 valence electrons. The average Bonchev–Trinajstić information content (AvgIpc) is 2.15. The summed E-state index contributed by atoms with van der Waals surface area (Å²) in [4.78, 5) is 11.0. The van der Waals surface area contributed by atoms with Crippen LogP contribution in [-0.2, 0) is 0 Å². The number of Topliss-reactive ketones (excluding diaryl/α,β-unsaturated/α-hetero) is 1. The van der Waals surface area contributed by atoms with Gasteiger partial charge in [0.2, 0.25) is 0 Å².